The monoisotopic (exact) mass is 271 g/mol. The highest BCUT2D eigenvalue weighted by Crippen LogP contribution is 2.31. The molecule has 1 aromatic heterocycles. The van der Waals surface area contributed by atoms with Crippen molar-refractivity contribution in [1.82, 2.24) is 10.2 Å². The first-order valence-corrected chi connectivity index (χ1v) is 7.40. The molecule has 1 aliphatic rings. The number of hydrogen-bond donors (Lipinski definition) is 0. The van der Waals surface area contributed by atoms with Gasteiger partial charge in [0.15, 0.2) is 5.82 Å². The second kappa shape index (κ2) is 5.44. The summed E-state index contributed by atoms with van der Waals surface area (Å²) in [5.74, 6) is 2.54. The summed E-state index contributed by atoms with van der Waals surface area (Å²) in [5.41, 5.74) is 0.833. The van der Waals surface area contributed by atoms with E-state index in [4.69, 9.17) is 11.6 Å². The molecule has 3 nitrogen and oxygen atoms in total. The Morgan fingerprint density at radius 3 is 2.82 bits per heavy atom. The van der Waals surface area contributed by atoms with Gasteiger partial charge in [0.1, 0.15) is 0 Å². The highest BCUT2D eigenvalue weighted by atomic mass is 35.5. The number of halogens is 1. The fourth-order valence-corrected chi connectivity index (χ4v) is 3.08. The average Bonchev–Trinajstić information content (AvgIpc) is 2.50. The normalized spacial score (nSPS) is 20.1. The molecule has 0 N–H and O–H groups in total. The SMILES string of the molecule is CC1(C)CCN(c2ccc(CCl)nn2)CCS1. The van der Waals surface area contributed by atoms with Crippen LogP contribution in [0.25, 0.3) is 0 Å². The van der Waals surface area contributed by atoms with Gasteiger partial charge in [-0.05, 0) is 18.6 Å². The maximum atomic E-state index is 5.71. The van der Waals surface area contributed by atoms with Crippen molar-refractivity contribution in [3.05, 3.63) is 17.8 Å². The molecule has 2 heterocycles. The van der Waals surface area contributed by atoms with Crippen molar-refractivity contribution in [2.24, 2.45) is 0 Å². The van der Waals surface area contributed by atoms with E-state index in [0.29, 0.717) is 10.6 Å². The van der Waals surface area contributed by atoms with E-state index < -0.39 is 0 Å². The average molecular weight is 272 g/mol. The van der Waals surface area contributed by atoms with E-state index in [0.717, 1.165) is 30.4 Å². The van der Waals surface area contributed by atoms with Gasteiger partial charge in [0.05, 0.1) is 11.6 Å². The summed E-state index contributed by atoms with van der Waals surface area (Å²) < 4.78 is 0.373. The smallest absolute Gasteiger partial charge is 0.151 e. The summed E-state index contributed by atoms with van der Waals surface area (Å²) in [7, 11) is 0. The number of aromatic nitrogens is 2. The molecular weight excluding hydrogens is 254 g/mol. The lowest BCUT2D eigenvalue weighted by Gasteiger charge is -2.23. The Bertz CT molecular complexity index is 367. The van der Waals surface area contributed by atoms with Gasteiger partial charge in [0.2, 0.25) is 0 Å². The Kier molecular flexibility index (Phi) is 4.15. The van der Waals surface area contributed by atoms with Crippen LogP contribution in [-0.4, -0.2) is 33.8 Å². The van der Waals surface area contributed by atoms with E-state index in [1.54, 1.807) is 0 Å². The molecule has 0 saturated carbocycles. The number of hydrogen-bond acceptors (Lipinski definition) is 4. The van der Waals surface area contributed by atoms with Crippen molar-refractivity contribution in [2.75, 3.05) is 23.7 Å². The quantitative estimate of drug-likeness (QED) is 0.774. The molecule has 1 aromatic rings. The highest BCUT2D eigenvalue weighted by molar-refractivity contribution is 8.00. The number of alkyl halides is 1. The third-order valence-corrected chi connectivity index (χ3v) is 4.65. The molecule has 94 valence electrons. The maximum Gasteiger partial charge on any atom is 0.151 e. The van der Waals surface area contributed by atoms with Crippen molar-refractivity contribution in [2.45, 2.75) is 30.9 Å². The van der Waals surface area contributed by atoms with Crippen molar-refractivity contribution in [3.8, 4) is 0 Å². The molecule has 17 heavy (non-hydrogen) atoms. The minimum absolute atomic E-state index is 0.373. The number of anilines is 1. The van der Waals surface area contributed by atoms with Gasteiger partial charge in [-0.15, -0.1) is 16.7 Å². The summed E-state index contributed by atoms with van der Waals surface area (Å²) in [4.78, 5) is 2.31. The Hall–Kier alpha value is -0.480. The predicted octanol–water partition coefficient (Wildman–Crippen LogP) is 2.94. The molecule has 0 aromatic carbocycles. The maximum absolute atomic E-state index is 5.71. The van der Waals surface area contributed by atoms with E-state index >= 15 is 0 Å². The summed E-state index contributed by atoms with van der Waals surface area (Å²) in [6.45, 7) is 6.71. The van der Waals surface area contributed by atoms with Gasteiger partial charge >= 0.3 is 0 Å². The molecule has 0 atom stereocenters. The molecule has 1 fully saturated rings. The van der Waals surface area contributed by atoms with Crippen molar-refractivity contribution >= 4 is 29.2 Å². The van der Waals surface area contributed by atoms with E-state index in [1.807, 2.05) is 23.9 Å². The zero-order valence-electron chi connectivity index (χ0n) is 10.3. The minimum atomic E-state index is 0.373. The molecule has 1 saturated heterocycles. The number of rotatable bonds is 2. The molecule has 0 spiro atoms. The molecule has 2 rings (SSSR count). The zero-order chi connectivity index (χ0) is 12.3. The molecule has 0 amide bonds. The van der Waals surface area contributed by atoms with Crippen LogP contribution in [0.2, 0.25) is 0 Å². The molecule has 0 aliphatic carbocycles. The van der Waals surface area contributed by atoms with Crippen LogP contribution in [0, 0.1) is 0 Å². The fourth-order valence-electron chi connectivity index (χ4n) is 1.84. The number of nitrogens with zero attached hydrogens (tertiary/aromatic N) is 3. The molecule has 5 heteroatoms. The molecule has 1 aliphatic heterocycles. The molecule has 0 radical (unpaired) electrons. The van der Waals surface area contributed by atoms with E-state index in [9.17, 15) is 0 Å². The lowest BCUT2D eigenvalue weighted by atomic mass is 10.1. The third kappa shape index (κ3) is 3.49. The van der Waals surface area contributed by atoms with Crippen LogP contribution in [0.5, 0.6) is 0 Å². The Labute approximate surface area is 112 Å². The van der Waals surface area contributed by atoms with Crippen molar-refractivity contribution in [1.29, 1.82) is 0 Å². The Morgan fingerprint density at radius 2 is 2.18 bits per heavy atom. The van der Waals surface area contributed by atoms with Gasteiger partial charge in [-0.3, -0.25) is 0 Å². The first kappa shape index (κ1) is 13.0. The molecular formula is C12H18ClN3S. The first-order valence-electron chi connectivity index (χ1n) is 5.88. The van der Waals surface area contributed by atoms with Crippen LogP contribution >= 0.6 is 23.4 Å². The van der Waals surface area contributed by atoms with Crippen molar-refractivity contribution < 1.29 is 0 Å². The second-order valence-electron chi connectivity index (χ2n) is 4.86. The Morgan fingerprint density at radius 1 is 1.35 bits per heavy atom. The summed E-state index contributed by atoms with van der Waals surface area (Å²) in [6.07, 6.45) is 1.18. The summed E-state index contributed by atoms with van der Waals surface area (Å²) >= 11 is 7.75. The van der Waals surface area contributed by atoms with Crippen LogP contribution in [0.15, 0.2) is 12.1 Å². The third-order valence-electron chi connectivity index (χ3n) is 3.00. The zero-order valence-corrected chi connectivity index (χ0v) is 11.9. The van der Waals surface area contributed by atoms with Gasteiger partial charge in [0, 0.05) is 23.6 Å². The minimum Gasteiger partial charge on any atom is -0.354 e. The predicted molar refractivity (Wildman–Crippen MR) is 75.0 cm³/mol. The lowest BCUT2D eigenvalue weighted by molar-refractivity contribution is 0.633. The van der Waals surface area contributed by atoms with Gasteiger partial charge in [0.25, 0.3) is 0 Å². The summed E-state index contributed by atoms with van der Waals surface area (Å²) in [6, 6.07) is 3.98. The largest absolute Gasteiger partial charge is 0.354 e. The standard InChI is InChI=1S/C12H18ClN3S/c1-12(2)5-6-16(7-8-17-12)11-4-3-10(9-13)14-15-11/h3-4H,5-9H2,1-2H3. The molecule has 0 bridgehead atoms. The Balaban J connectivity index is 2.06. The second-order valence-corrected chi connectivity index (χ2v) is 6.93. The fraction of sp³-hybridized carbons (Fsp3) is 0.667. The van der Waals surface area contributed by atoms with Gasteiger partial charge < -0.3 is 4.90 Å². The van der Waals surface area contributed by atoms with Crippen LogP contribution in [-0.2, 0) is 5.88 Å². The van der Waals surface area contributed by atoms with Gasteiger partial charge in [-0.1, -0.05) is 13.8 Å². The highest BCUT2D eigenvalue weighted by Gasteiger charge is 2.24. The van der Waals surface area contributed by atoms with Crippen molar-refractivity contribution in [3.63, 3.8) is 0 Å². The first-order chi connectivity index (χ1) is 8.11. The van der Waals surface area contributed by atoms with Crippen LogP contribution in [0.4, 0.5) is 5.82 Å². The lowest BCUT2D eigenvalue weighted by Crippen LogP contribution is -2.28. The van der Waals surface area contributed by atoms with Crippen LogP contribution in [0.3, 0.4) is 0 Å². The van der Waals surface area contributed by atoms with Gasteiger partial charge in [-0.2, -0.15) is 16.9 Å². The van der Waals surface area contributed by atoms with Gasteiger partial charge in [-0.25, -0.2) is 0 Å². The molecule has 0 unspecified atom stereocenters. The number of thioether (sulfide) groups is 1. The van der Waals surface area contributed by atoms with E-state index in [2.05, 4.69) is 28.9 Å². The topological polar surface area (TPSA) is 29.0 Å². The van der Waals surface area contributed by atoms with Crippen LogP contribution < -0.4 is 4.90 Å². The van der Waals surface area contributed by atoms with Crippen LogP contribution in [0.1, 0.15) is 26.0 Å². The van der Waals surface area contributed by atoms with E-state index in [1.165, 1.54) is 6.42 Å². The van der Waals surface area contributed by atoms with E-state index in [-0.39, 0.29) is 0 Å². The summed E-state index contributed by atoms with van der Waals surface area (Å²) in [5, 5.41) is 8.35.